The van der Waals surface area contributed by atoms with Gasteiger partial charge >= 0.3 is 0 Å². The molecule has 0 fully saturated rings. The number of hydrogen-bond donors (Lipinski definition) is 2. The van der Waals surface area contributed by atoms with Crippen LogP contribution in [0.3, 0.4) is 0 Å². The summed E-state index contributed by atoms with van der Waals surface area (Å²) in [5.41, 5.74) is 0.545. The topological polar surface area (TPSA) is 52.6 Å². The molecular formula is C14H20BrFN2O2. The fourth-order valence-corrected chi connectivity index (χ4v) is 2.27. The van der Waals surface area contributed by atoms with Gasteiger partial charge in [0.05, 0.1) is 6.61 Å². The number of rotatable bonds is 8. The predicted molar refractivity (Wildman–Crippen MR) is 79.8 cm³/mol. The van der Waals surface area contributed by atoms with Crippen LogP contribution in [0.2, 0.25) is 0 Å². The number of halogens is 2. The highest BCUT2D eigenvalue weighted by Crippen LogP contribution is 2.17. The molecule has 4 nitrogen and oxygen atoms in total. The SMILES string of the molecule is CCNC(=O)CCN(CCO)Cc1cc(Br)ccc1F. The molecule has 0 radical (unpaired) electrons. The van der Waals surface area contributed by atoms with Gasteiger partial charge in [-0.2, -0.15) is 0 Å². The lowest BCUT2D eigenvalue weighted by Gasteiger charge is -2.21. The first-order valence-electron chi connectivity index (χ1n) is 6.60. The molecule has 1 aromatic rings. The van der Waals surface area contributed by atoms with Crippen LogP contribution in [-0.2, 0) is 11.3 Å². The van der Waals surface area contributed by atoms with Crippen molar-refractivity contribution in [1.82, 2.24) is 10.2 Å². The van der Waals surface area contributed by atoms with Crippen LogP contribution in [0.15, 0.2) is 22.7 Å². The molecule has 0 saturated carbocycles. The Morgan fingerprint density at radius 1 is 1.45 bits per heavy atom. The summed E-state index contributed by atoms with van der Waals surface area (Å²) < 4.78 is 14.5. The third-order valence-corrected chi connectivity index (χ3v) is 3.34. The second-order valence-corrected chi connectivity index (χ2v) is 5.35. The minimum atomic E-state index is -0.283. The average molecular weight is 347 g/mol. The highest BCUT2D eigenvalue weighted by Gasteiger charge is 2.11. The lowest BCUT2D eigenvalue weighted by molar-refractivity contribution is -0.121. The van der Waals surface area contributed by atoms with Crippen LogP contribution < -0.4 is 5.32 Å². The summed E-state index contributed by atoms with van der Waals surface area (Å²) in [4.78, 5) is 13.3. The van der Waals surface area contributed by atoms with Gasteiger partial charge in [0.15, 0.2) is 0 Å². The first-order chi connectivity index (χ1) is 9.56. The first-order valence-corrected chi connectivity index (χ1v) is 7.40. The number of benzene rings is 1. The van der Waals surface area contributed by atoms with Crippen LogP contribution in [0.1, 0.15) is 18.9 Å². The maximum absolute atomic E-state index is 13.7. The van der Waals surface area contributed by atoms with Gasteiger partial charge in [-0.25, -0.2) is 4.39 Å². The van der Waals surface area contributed by atoms with Crippen LogP contribution in [0.25, 0.3) is 0 Å². The molecule has 112 valence electrons. The number of amides is 1. The van der Waals surface area contributed by atoms with E-state index in [1.807, 2.05) is 11.8 Å². The molecule has 0 saturated heterocycles. The van der Waals surface area contributed by atoms with Crippen molar-refractivity contribution < 1.29 is 14.3 Å². The Morgan fingerprint density at radius 2 is 2.20 bits per heavy atom. The molecule has 0 unspecified atom stereocenters. The molecule has 0 heterocycles. The number of carbonyl (C=O) groups excluding carboxylic acids is 1. The zero-order valence-electron chi connectivity index (χ0n) is 11.5. The number of carbonyl (C=O) groups is 1. The van der Waals surface area contributed by atoms with Crippen LogP contribution in [0, 0.1) is 5.82 Å². The van der Waals surface area contributed by atoms with Gasteiger partial charge < -0.3 is 10.4 Å². The highest BCUT2D eigenvalue weighted by atomic mass is 79.9. The second kappa shape index (κ2) is 9.05. The Bertz CT molecular complexity index is 443. The Balaban J connectivity index is 2.62. The summed E-state index contributed by atoms with van der Waals surface area (Å²) in [6, 6.07) is 4.76. The third-order valence-electron chi connectivity index (χ3n) is 2.85. The number of aliphatic hydroxyl groups excluding tert-OH is 1. The van der Waals surface area contributed by atoms with Crippen LogP contribution >= 0.6 is 15.9 Å². The largest absolute Gasteiger partial charge is 0.395 e. The van der Waals surface area contributed by atoms with Gasteiger partial charge in [0, 0.05) is 42.6 Å². The van der Waals surface area contributed by atoms with Crippen LogP contribution in [-0.4, -0.2) is 42.2 Å². The van der Waals surface area contributed by atoms with Gasteiger partial charge in [0.25, 0.3) is 0 Å². The Labute approximate surface area is 127 Å². The molecule has 0 bridgehead atoms. The van der Waals surface area contributed by atoms with E-state index in [-0.39, 0.29) is 18.3 Å². The van der Waals surface area contributed by atoms with E-state index in [0.29, 0.717) is 38.2 Å². The normalized spacial score (nSPS) is 10.8. The van der Waals surface area contributed by atoms with E-state index in [0.717, 1.165) is 4.47 Å². The lowest BCUT2D eigenvalue weighted by Crippen LogP contribution is -2.32. The molecular weight excluding hydrogens is 327 g/mol. The Kier molecular flexibility index (Phi) is 7.72. The first kappa shape index (κ1) is 17.1. The summed E-state index contributed by atoms with van der Waals surface area (Å²) in [5.74, 6) is -0.320. The van der Waals surface area contributed by atoms with Gasteiger partial charge in [-0.05, 0) is 25.1 Å². The van der Waals surface area contributed by atoms with E-state index in [1.54, 1.807) is 12.1 Å². The van der Waals surface area contributed by atoms with Gasteiger partial charge in [-0.15, -0.1) is 0 Å². The molecule has 0 aliphatic heterocycles. The summed E-state index contributed by atoms with van der Waals surface area (Å²) in [6.45, 7) is 3.69. The van der Waals surface area contributed by atoms with Gasteiger partial charge in [-0.3, -0.25) is 9.69 Å². The fraction of sp³-hybridized carbons (Fsp3) is 0.500. The van der Waals surface area contributed by atoms with Crippen molar-refractivity contribution in [2.24, 2.45) is 0 Å². The minimum absolute atomic E-state index is 0.0228. The number of hydrogen-bond acceptors (Lipinski definition) is 3. The van der Waals surface area contributed by atoms with Crippen LogP contribution in [0.4, 0.5) is 4.39 Å². The van der Waals surface area contributed by atoms with Crippen molar-refractivity contribution in [3.63, 3.8) is 0 Å². The van der Waals surface area contributed by atoms with Crippen molar-refractivity contribution in [3.8, 4) is 0 Å². The van der Waals surface area contributed by atoms with Crippen LogP contribution in [0.5, 0.6) is 0 Å². The predicted octanol–water partition coefficient (Wildman–Crippen LogP) is 1.91. The molecule has 1 aromatic carbocycles. The zero-order valence-corrected chi connectivity index (χ0v) is 13.1. The molecule has 1 rings (SSSR count). The number of nitrogens with one attached hydrogen (secondary N) is 1. The fourth-order valence-electron chi connectivity index (χ4n) is 1.86. The Hall–Kier alpha value is -0.980. The van der Waals surface area contributed by atoms with Crippen molar-refractivity contribution in [1.29, 1.82) is 0 Å². The van der Waals surface area contributed by atoms with Crippen molar-refractivity contribution in [2.75, 3.05) is 26.2 Å². The lowest BCUT2D eigenvalue weighted by atomic mass is 10.2. The van der Waals surface area contributed by atoms with Crippen molar-refractivity contribution in [3.05, 3.63) is 34.1 Å². The molecule has 2 N–H and O–H groups in total. The second-order valence-electron chi connectivity index (χ2n) is 4.44. The highest BCUT2D eigenvalue weighted by molar-refractivity contribution is 9.10. The summed E-state index contributed by atoms with van der Waals surface area (Å²) >= 11 is 3.31. The van der Waals surface area contributed by atoms with Crippen molar-refractivity contribution in [2.45, 2.75) is 19.9 Å². The van der Waals surface area contributed by atoms with E-state index >= 15 is 0 Å². The third kappa shape index (κ3) is 5.98. The van der Waals surface area contributed by atoms with E-state index in [2.05, 4.69) is 21.2 Å². The molecule has 0 aliphatic rings. The standard InChI is InChI=1S/C14H20BrFN2O2/c1-2-17-14(20)5-6-18(7-8-19)10-11-9-12(15)3-4-13(11)16/h3-4,9,19H,2,5-8,10H2,1H3,(H,17,20). The average Bonchev–Trinajstić information content (AvgIpc) is 2.41. The smallest absolute Gasteiger partial charge is 0.221 e. The van der Waals surface area contributed by atoms with Crippen molar-refractivity contribution >= 4 is 21.8 Å². The minimum Gasteiger partial charge on any atom is -0.395 e. The van der Waals surface area contributed by atoms with E-state index in [1.165, 1.54) is 6.07 Å². The van der Waals surface area contributed by atoms with Gasteiger partial charge in [0.2, 0.25) is 5.91 Å². The maximum Gasteiger partial charge on any atom is 0.221 e. The quantitative estimate of drug-likeness (QED) is 0.755. The molecule has 6 heteroatoms. The summed E-state index contributed by atoms with van der Waals surface area (Å²) in [6.07, 6.45) is 0.337. The summed E-state index contributed by atoms with van der Waals surface area (Å²) in [5, 5.41) is 11.8. The Morgan fingerprint density at radius 3 is 2.85 bits per heavy atom. The molecule has 20 heavy (non-hydrogen) atoms. The maximum atomic E-state index is 13.7. The molecule has 0 atom stereocenters. The van der Waals surface area contributed by atoms with Gasteiger partial charge in [0.1, 0.15) is 5.82 Å². The molecule has 0 aromatic heterocycles. The molecule has 0 aliphatic carbocycles. The number of aliphatic hydroxyl groups is 1. The van der Waals surface area contributed by atoms with E-state index in [4.69, 9.17) is 5.11 Å². The van der Waals surface area contributed by atoms with E-state index in [9.17, 15) is 9.18 Å². The molecule has 1 amide bonds. The van der Waals surface area contributed by atoms with E-state index < -0.39 is 0 Å². The van der Waals surface area contributed by atoms with Gasteiger partial charge in [-0.1, -0.05) is 15.9 Å². The molecule has 0 spiro atoms. The monoisotopic (exact) mass is 346 g/mol. The summed E-state index contributed by atoms with van der Waals surface area (Å²) in [7, 11) is 0. The zero-order chi connectivity index (χ0) is 15.0. The number of nitrogens with zero attached hydrogens (tertiary/aromatic N) is 1.